The second-order valence-electron chi connectivity index (χ2n) is 5.93. The summed E-state index contributed by atoms with van der Waals surface area (Å²) in [5.74, 6) is -0.683. The Balaban J connectivity index is 1.74. The minimum absolute atomic E-state index is 0.0615. The number of urea groups is 1. The number of carboxylic acids is 1. The van der Waals surface area contributed by atoms with Gasteiger partial charge in [-0.05, 0) is 37.5 Å². The molecule has 0 aromatic carbocycles. The summed E-state index contributed by atoms with van der Waals surface area (Å²) >= 11 is 0. The number of nitrogens with zero attached hydrogens (tertiary/aromatic N) is 1. The first kappa shape index (κ1) is 15.1. The molecule has 2 rings (SSSR count). The molecule has 2 fully saturated rings. The van der Waals surface area contributed by atoms with Crippen LogP contribution >= 0.6 is 0 Å². The lowest BCUT2D eigenvalue weighted by Gasteiger charge is -2.31. The van der Waals surface area contributed by atoms with Crippen molar-refractivity contribution in [3.8, 4) is 0 Å². The van der Waals surface area contributed by atoms with Crippen LogP contribution in [-0.2, 0) is 4.79 Å². The van der Waals surface area contributed by atoms with Crippen LogP contribution in [0.3, 0.4) is 0 Å². The highest BCUT2D eigenvalue weighted by Crippen LogP contribution is 2.31. The van der Waals surface area contributed by atoms with Crippen molar-refractivity contribution in [2.45, 2.75) is 32.1 Å². The van der Waals surface area contributed by atoms with Crippen LogP contribution < -0.4 is 5.32 Å². The molecule has 6 nitrogen and oxygen atoms in total. The van der Waals surface area contributed by atoms with Gasteiger partial charge in [-0.15, -0.1) is 0 Å². The Morgan fingerprint density at radius 3 is 2.45 bits per heavy atom. The zero-order valence-corrected chi connectivity index (χ0v) is 11.8. The van der Waals surface area contributed by atoms with Crippen LogP contribution in [0.5, 0.6) is 0 Å². The van der Waals surface area contributed by atoms with Crippen molar-refractivity contribution in [3.05, 3.63) is 0 Å². The van der Waals surface area contributed by atoms with Gasteiger partial charge in [-0.1, -0.05) is 6.42 Å². The number of aliphatic carboxylic acids is 1. The molecule has 1 saturated carbocycles. The number of nitrogens with one attached hydrogen (secondary N) is 1. The van der Waals surface area contributed by atoms with E-state index < -0.39 is 5.97 Å². The molecule has 3 N–H and O–H groups in total. The third-order valence-corrected chi connectivity index (χ3v) is 4.65. The minimum atomic E-state index is -0.745. The normalized spacial score (nSPS) is 27.6. The first-order valence-electron chi connectivity index (χ1n) is 7.48. The molecule has 20 heavy (non-hydrogen) atoms. The third kappa shape index (κ3) is 3.62. The maximum atomic E-state index is 12.0. The van der Waals surface area contributed by atoms with E-state index in [-0.39, 0.29) is 24.5 Å². The third-order valence-electron chi connectivity index (χ3n) is 4.65. The van der Waals surface area contributed by atoms with Gasteiger partial charge in [0.1, 0.15) is 0 Å². The number of rotatable bonds is 4. The average molecular weight is 284 g/mol. The average Bonchev–Trinajstić information content (AvgIpc) is 2.93. The summed E-state index contributed by atoms with van der Waals surface area (Å²) < 4.78 is 0. The highest BCUT2D eigenvalue weighted by atomic mass is 16.4. The smallest absolute Gasteiger partial charge is 0.317 e. The summed E-state index contributed by atoms with van der Waals surface area (Å²) in [5, 5.41) is 21.0. The van der Waals surface area contributed by atoms with Crippen LogP contribution in [0.2, 0.25) is 0 Å². The largest absolute Gasteiger partial charge is 0.481 e. The van der Waals surface area contributed by atoms with Crippen molar-refractivity contribution in [3.63, 3.8) is 0 Å². The summed E-state index contributed by atoms with van der Waals surface area (Å²) in [7, 11) is 0. The predicted molar refractivity (Wildman–Crippen MR) is 73.2 cm³/mol. The van der Waals surface area contributed by atoms with Gasteiger partial charge >= 0.3 is 12.0 Å². The van der Waals surface area contributed by atoms with Crippen molar-refractivity contribution in [2.24, 2.45) is 17.8 Å². The number of carbonyl (C=O) groups is 2. The van der Waals surface area contributed by atoms with E-state index in [1.807, 2.05) is 0 Å². The van der Waals surface area contributed by atoms with E-state index in [9.17, 15) is 9.59 Å². The Labute approximate surface area is 119 Å². The van der Waals surface area contributed by atoms with E-state index >= 15 is 0 Å². The standard InChI is InChI=1S/C14H24N2O4/c17-9-10-4-6-16(7-5-10)14(20)15-8-11-2-1-3-12(11)13(18)19/h10-12,17H,1-9H2,(H,15,20)(H,18,19). The van der Waals surface area contributed by atoms with Gasteiger partial charge in [0, 0.05) is 26.2 Å². The Morgan fingerprint density at radius 1 is 1.15 bits per heavy atom. The van der Waals surface area contributed by atoms with Gasteiger partial charge in [0.25, 0.3) is 0 Å². The molecular weight excluding hydrogens is 260 g/mol. The van der Waals surface area contributed by atoms with Gasteiger partial charge in [0.05, 0.1) is 5.92 Å². The molecule has 2 atom stereocenters. The molecule has 0 bridgehead atoms. The maximum absolute atomic E-state index is 12.0. The molecule has 0 aromatic rings. The molecule has 1 saturated heterocycles. The number of hydrogen-bond acceptors (Lipinski definition) is 3. The quantitative estimate of drug-likeness (QED) is 0.715. The topological polar surface area (TPSA) is 89.9 Å². The lowest BCUT2D eigenvalue weighted by molar-refractivity contribution is -0.142. The fourth-order valence-corrected chi connectivity index (χ4v) is 3.26. The van der Waals surface area contributed by atoms with Gasteiger partial charge in [-0.2, -0.15) is 0 Å². The predicted octanol–water partition coefficient (Wildman–Crippen LogP) is 0.901. The molecule has 0 aromatic heterocycles. The molecule has 6 heteroatoms. The fraction of sp³-hybridized carbons (Fsp3) is 0.857. The van der Waals surface area contributed by atoms with Gasteiger partial charge in [-0.25, -0.2) is 4.79 Å². The molecule has 1 aliphatic heterocycles. The van der Waals surface area contributed by atoms with Crippen LogP contribution in [-0.4, -0.2) is 53.4 Å². The molecule has 1 heterocycles. The number of carbonyl (C=O) groups excluding carboxylic acids is 1. The summed E-state index contributed by atoms with van der Waals surface area (Å²) in [4.78, 5) is 24.9. The first-order chi connectivity index (χ1) is 9.61. The Hall–Kier alpha value is -1.30. The van der Waals surface area contributed by atoms with E-state index in [0.717, 1.165) is 32.1 Å². The molecule has 114 valence electrons. The summed E-state index contributed by atoms with van der Waals surface area (Å²) in [6, 6.07) is -0.0996. The van der Waals surface area contributed by atoms with E-state index in [4.69, 9.17) is 10.2 Å². The van der Waals surface area contributed by atoms with Gasteiger partial charge in [0.15, 0.2) is 0 Å². The Kier molecular flexibility index (Phi) is 5.23. The van der Waals surface area contributed by atoms with Crippen molar-refractivity contribution >= 4 is 12.0 Å². The molecule has 0 radical (unpaired) electrons. The maximum Gasteiger partial charge on any atom is 0.317 e. The molecule has 2 amide bonds. The second kappa shape index (κ2) is 6.92. The SMILES string of the molecule is O=C(O)C1CCCC1CNC(=O)N1CCC(CO)CC1. The number of amides is 2. The van der Waals surface area contributed by atoms with Gasteiger partial charge < -0.3 is 20.4 Å². The zero-order valence-electron chi connectivity index (χ0n) is 11.8. The van der Waals surface area contributed by atoms with Crippen molar-refractivity contribution in [1.29, 1.82) is 0 Å². The van der Waals surface area contributed by atoms with Crippen LogP contribution in [0, 0.1) is 17.8 Å². The Bertz CT molecular complexity index is 353. The highest BCUT2D eigenvalue weighted by molar-refractivity contribution is 5.74. The van der Waals surface area contributed by atoms with Crippen LogP contribution in [0.25, 0.3) is 0 Å². The number of carboxylic acid groups (broad SMARTS) is 1. The van der Waals surface area contributed by atoms with E-state index in [2.05, 4.69) is 5.32 Å². The molecule has 2 unspecified atom stereocenters. The number of aliphatic hydroxyl groups is 1. The van der Waals surface area contributed by atoms with E-state index in [0.29, 0.717) is 25.6 Å². The van der Waals surface area contributed by atoms with Crippen LogP contribution in [0.15, 0.2) is 0 Å². The summed E-state index contributed by atoms with van der Waals surface area (Å²) in [6.07, 6.45) is 4.21. The lowest BCUT2D eigenvalue weighted by atomic mass is 9.96. The van der Waals surface area contributed by atoms with Gasteiger partial charge in [-0.3, -0.25) is 4.79 Å². The molecule has 2 aliphatic rings. The van der Waals surface area contributed by atoms with Crippen LogP contribution in [0.1, 0.15) is 32.1 Å². The van der Waals surface area contributed by atoms with Crippen molar-refractivity contribution in [2.75, 3.05) is 26.2 Å². The van der Waals surface area contributed by atoms with E-state index in [1.54, 1.807) is 4.90 Å². The highest BCUT2D eigenvalue weighted by Gasteiger charge is 2.33. The fourth-order valence-electron chi connectivity index (χ4n) is 3.26. The number of piperidine rings is 1. The van der Waals surface area contributed by atoms with Crippen LogP contribution in [0.4, 0.5) is 4.79 Å². The molecule has 1 aliphatic carbocycles. The Morgan fingerprint density at radius 2 is 1.85 bits per heavy atom. The minimum Gasteiger partial charge on any atom is -0.481 e. The second-order valence-corrected chi connectivity index (χ2v) is 5.93. The van der Waals surface area contributed by atoms with Crippen molar-refractivity contribution in [1.82, 2.24) is 10.2 Å². The number of aliphatic hydroxyl groups excluding tert-OH is 1. The lowest BCUT2D eigenvalue weighted by Crippen LogP contribution is -2.46. The number of likely N-dealkylation sites (tertiary alicyclic amines) is 1. The van der Waals surface area contributed by atoms with Crippen molar-refractivity contribution < 1.29 is 19.8 Å². The zero-order chi connectivity index (χ0) is 14.5. The first-order valence-corrected chi connectivity index (χ1v) is 7.48. The number of hydrogen-bond donors (Lipinski definition) is 3. The molecule has 0 spiro atoms. The molecular formula is C14H24N2O4. The monoisotopic (exact) mass is 284 g/mol. The summed E-state index contributed by atoms with van der Waals surface area (Å²) in [5.41, 5.74) is 0. The van der Waals surface area contributed by atoms with E-state index in [1.165, 1.54) is 0 Å². The van der Waals surface area contributed by atoms with Gasteiger partial charge in [0.2, 0.25) is 0 Å². The summed E-state index contributed by atoms with van der Waals surface area (Å²) in [6.45, 7) is 1.99.